The molecule has 0 N–H and O–H groups in total. The third-order valence-electron chi connectivity index (χ3n) is 4.53. The molecule has 3 aliphatic rings. The van der Waals surface area contributed by atoms with E-state index in [4.69, 9.17) is 25.8 Å². The maximum atomic E-state index is 13.1. The number of carbonyl (C=O) groups is 3. The molecule has 4 rings (SSSR count). The van der Waals surface area contributed by atoms with Gasteiger partial charge in [-0.05, 0) is 57.5 Å². The molecule has 166 valence electrons. The number of benzene rings is 1. The maximum Gasteiger partial charge on any atom is 0.432 e. The van der Waals surface area contributed by atoms with Gasteiger partial charge in [-0.15, -0.1) is 0 Å². The van der Waals surface area contributed by atoms with Crippen LogP contribution in [0.25, 0.3) is 0 Å². The van der Waals surface area contributed by atoms with Crippen LogP contribution in [0.2, 0.25) is 5.02 Å². The van der Waals surface area contributed by atoms with E-state index in [1.807, 2.05) is 0 Å². The van der Waals surface area contributed by atoms with Gasteiger partial charge < -0.3 is 14.2 Å². The van der Waals surface area contributed by atoms with Crippen molar-refractivity contribution in [1.29, 1.82) is 0 Å². The lowest BCUT2D eigenvalue weighted by Crippen LogP contribution is -2.68. The molecule has 0 fully saturated rings. The Hall–Kier alpha value is -2.84. The average molecular weight is 449 g/mol. The number of ketones is 1. The summed E-state index contributed by atoms with van der Waals surface area (Å²) in [7, 11) is 0. The highest BCUT2D eigenvalue weighted by atomic mass is 35.5. The molecule has 1 aromatic carbocycles. The highest BCUT2D eigenvalue weighted by Gasteiger charge is 2.56. The molecule has 0 radical (unpaired) electrons. The summed E-state index contributed by atoms with van der Waals surface area (Å²) in [4.78, 5) is 39.2. The Kier molecular flexibility index (Phi) is 6.71. The normalized spacial score (nSPS) is 22.3. The van der Waals surface area contributed by atoms with Crippen LogP contribution in [0.15, 0.2) is 48.6 Å². The van der Waals surface area contributed by atoms with E-state index in [0.717, 1.165) is 15.6 Å². The number of nitrogens with zero attached hydrogens (tertiary/aromatic N) is 2. The second kappa shape index (κ2) is 9.11. The molecule has 9 heteroatoms. The van der Waals surface area contributed by atoms with Crippen molar-refractivity contribution in [2.45, 2.75) is 58.3 Å². The summed E-state index contributed by atoms with van der Waals surface area (Å²) in [6.07, 6.45) is 3.26. The molecule has 1 aromatic rings. The van der Waals surface area contributed by atoms with Crippen LogP contribution < -0.4 is 0 Å². The lowest BCUT2D eigenvalue weighted by Gasteiger charge is -2.47. The summed E-state index contributed by atoms with van der Waals surface area (Å²) in [5, 5.41) is 2.51. The van der Waals surface area contributed by atoms with Gasteiger partial charge in [-0.3, -0.25) is 4.79 Å². The van der Waals surface area contributed by atoms with Crippen LogP contribution in [0.4, 0.5) is 9.59 Å². The molecule has 0 saturated heterocycles. The van der Waals surface area contributed by atoms with E-state index in [-0.39, 0.29) is 6.61 Å². The maximum absolute atomic E-state index is 13.1. The van der Waals surface area contributed by atoms with Gasteiger partial charge in [0, 0.05) is 5.02 Å². The fraction of sp³-hybridized carbons (Fsp3) is 0.409. The molecule has 0 saturated carbocycles. The molecule has 2 atom stereocenters. The number of amides is 2. The molecule has 31 heavy (non-hydrogen) atoms. The van der Waals surface area contributed by atoms with Crippen molar-refractivity contribution in [2.75, 3.05) is 0 Å². The van der Waals surface area contributed by atoms with Crippen molar-refractivity contribution in [3.05, 3.63) is 59.2 Å². The van der Waals surface area contributed by atoms with E-state index >= 15 is 0 Å². The first-order chi connectivity index (χ1) is 14.6. The molecule has 8 nitrogen and oxygen atoms in total. The monoisotopic (exact) mass is 448 g/mol. The average Bonchev–Trinajstić information content (AvgIpc) is 2.92. The van der Waals surface area contributed by atoms with Gasteiger partial charge in [0.1, 0.15) is 0 Å². The lowest BCUT2D eigenvalue weighted by molar-refractivity contribution is -0.198. The van der Waals surface area contributed by atoms with Crippen LogP contribution in [0, 0.1) is 0 Å². The topological polar surface area (TPSA) is 85.4 Å². The fourth-order valence-electron chi connectivity index (χ4n) is 3.20. The molecule has 2 heterocycles. The Labute approximate surface area is 185 Å². The molecule has 1 aliphatic carbocycles. The molecule has 2 aliphatic heterocycles. The zero-order valence-electron chi connectivity index (χ0n) is 17.8. The van der Waals surface area contributed by atoms with Crippen LogP contribution in [0.3, 0.4) is 0 Å². The number of ether oxygens (including phenoxy) is 3. The van der Waals surface area contributed by atoms with Gasteiger partial charge >= 0.3 is 12.2 Å². The highest BCUT2D eigenvalue weighted by molar-refractivity contribution is 6.30. The number of rotatable bonds is 5. The molecule has 0 unspecified atom stereocenters. The Balaban J connectivity index is 2.03. The zero-order chi connectivity index (χ0) is 22.8. The molecule has 2 bridgehead atoms. The standard InChI is InChI=1S/C22H25ClN2O6/c1-14(2)30-20(27)24-18-9-10-19(26)22(12-11-18,25(24)21(28)31-15(3)4)29-13-16-5-7-17(23)8-6-16/h5-12,14-15,18H,13H2,1-4H3/t18-,22+/m0/s1. The minimum Gasteiger partial charge on any atom is -0.445 e. The largest absolute Gasteiger partial charge is 0.445 e. The van der Waals surface area contributed by atoms with E-state index in [2.05, 4.69) is 0 Å². The Morgan fingerprint density at radius 2 is 1.65 bits per heavy atom. The van der Waals surface area contributed by atoms with Crippen LogP contribution in [-0.4, -0.2) is 52.0 Å². The number of hydrogen-bond donors (Lipinski definition) is 0. The predicted molar refractivity (Wildman–Crippen MR) is 113 cm³/mol. The number of halogens is 1. The molecule has 2 amide bonds. The smallest absolute Gasteiger partial charge is 0.432 e. The van der Waals surface area contributed by atoms with E-state index in [1.165, 1.54) is 18.2 Å². The van der Waals surface area contributed by atoms with Crippen molar-refractivity contribution in [3.8, 4) is 0 Å². The van der Waals surface area contributed by atoms with Gasteiger partial charge in [-0.2, -0.15) is 10.0 Å². The van der Waals surface area contributed by atoms with Gasteiger partial charge in [0.15, 0.2) is 0 Å². The van der Waals surface area contributed by atoms with Crippen molar-refractivity contribution < 1.29 is 28.6 Å². The van der Waals surface area contributed by atoms with Gasteiger partial charge in [-0.25, -0.2) is 9.59 Å². The predicted octanol–water partition coefficient (Wildman–Crippen LogP) is 4.24. The van der Waals surface area contributed by atoms with Crippen LogP contribution >= 0.6 is 11.6 Å². The van der Waals surface area contributed by atoms with Crippen molar-refractivity contribution >= 4 is 29.6 Å². The second-order valence-electron chi connectivity index (χ2n) is 7.71. The third-order valence-corrected chi connectivity index (χ3v) is 4.79. The fourth-order valence-corrected chi connectivity index (χ4v) is 3.33. The summed E-state index contributed by atoms with van der Waals surface area (Å²) in [5.74, 6) is -0.527. The van der Waals surface area contributed by atoms with E-state index in [1.54, 1.807) is 58.0 Å². The first-order valence-electron chi connectivity index (χ1n) is 9.95. The summed E-state index contributed by atoms with van der Waals surface area (Å²) >= 11 is 5.93. The molecular weight excluding hydrogens is 424 g/mol. The van der Waals surface area contributed by atoms with Crippen molar-refractivity contribution in [1.82, 2.24) is 10.0 Å². The van der Waals surface area contributed by atoms with E-state index < -0.39 is 41.9 Å². The first-order valence-corrected chi connectivity index (χ1v) is 10.3. The summed E-state index contributed by atoms with van der Waals surface area (Å²) in [6.45, 7) is 6.69. The SMILES string of the molecule is CC(C)OC(=O)N1[C@H]2C=CC(=O)[C@](OCc3ccc(Cl)cc3)(C=C2)N1C(=O)OC(C)C. The van der Waals surface area contributed by atoms with Crippen molar-refractivity contribution in [3.63, 3.8) is 0 Å². The molecular formula is C22H25ClN2O6. The summed E-state index contributed by atoms with van der Waals surface area (Å²) in [5.41, 5.74) is -1.19. The second-order valence-corrected chi connectivity index (χ2v) is 8.14. The third kappa shape index (κ3) is 4.75. The minimum absolute atomic E-state index is 0.0235. The van der Waals surface area contributed by atoms with Crippen LogP contribution in [0.5, 0.6) is 0 Å². The van der Waals surface area contributed by atoms with Gasteiger partial charge in [0.2, 0.25) is 11.5 Å². The number of carbonyl (C=O) groups excluding carboxylic acids is 3. The first kappa shape index (κ1) is 22.8. The van der Waals surface area contributed by atoms with Crippen LogP contribution in [-0.2, 0) is 25.6 Å². The molecule has 0 aromatic heterocycles. The van der Waals surface area contributed by atoms with Crippen molar-refractivity contribution in [2.24, 2.45) is 0 Å². The summed E-state index contributed by atoms with van der Waals surface area (Å²) < 4.78 is 16.7. The molecule has 0 spiro atoms. The van der Waals surface area contributed by atoms with Gasteiger partial charge in [0.05, 0.1) is 24.9 Å². The minimum atomic E-state index is -1.91. The number of hydrogen-bond acceptors (Lipinski definition) is 6. The Morgan fingerprint density at radius 1 is 1.03 bits per heavy atom. The van der Waals surface area contributed by atoms with Crippen LogP contribution in [0.1, 0.15) is 33.3 Å². The number of fused-ring (bicyclic) bond motifs is 2. The number of hydrazine groups is 1. The van der Waals surface area contributed by atoms with E-state index in [0.29, 0.717) is 5.02 Å². The highest BCUT2D eigenvalue weighted by Crippen LogP contribution is 2.35. The summed E-state index contributed by atoms with van der Waals surface area (Å²) in [6, 6.07) is 6.15. The Morgan fingerprint density at radius 3 is 2.26 bits per heavy atom. The lowest BCUT2D eigenvalue weighted by atomic mass is 10.1. The van der Waals surface area contributed by atoms with Gasteiger partial charge in [-0.1, -0.05) is 35.9 Å². The van der Waals surface area contributed by atoms with E-state index in [9.17, 15) is 14.4 Å². The van der Waals surface area contributed by atoms with Gasteiger partial charge in [0.25, 0.3) is 0 Å². The zero-order valence-corrected chi connectivity index (χ0v) is 18.5. The Bertz CT molecular complexity index is 911. The quantitative estimate of drug-likeness (QED) is 0.626.